The zero-order valence-corrected chi connectivity index (χ0v) is 13.5. The van der Waals surface area contributed by atoms with Gasteiger partial charge in [-0.25, -0.2) is 4.98 Å². The summed E-state index contributed by atoms with van der Waals surface area (Å²) in [6.07, 6.45) is 0. The molecule has 3 aromatic rings. The Kier molecular flexibility index (Phi) is 3.68. The molecule has 0 aliphatic heterocycles. The number of nitrogens with zero attached hydrogens (tertiary/aromatic N) is 1. The van der Waals surface area contributed by atoms with Crippen LogP contribution in [0, 0.1) is 0 Å². The van der Waals surface area contributed by atoms with E-state index < -0.39 is 0 Å². The van der Waals surface area contributed by atoms with Crippen LogP contribution in [0.1, 0.15) is 31.9 Å². The van der Waals surface area contributed by atoms with Crippen molar-refractivity contribution in [2.75, 3.05) is 5.32 Å². The SMILES string of the molecule is CC(C)(C)c1ccc(CNc2ccc3ncsc3c2)cc1. The first kappa shape index (κ1) is 14.1. The van der Waals surface area contributed by atoms with Gasteiger partial charge in [-0.3, -0.25) is 0 Å². The molecule has 1 heterocycles. The maximum atomic E-state index is 4.30. The van der Waals surface area contributed by atoms with Gasteiger partial charge in [0.05, 0.1) is 15.7 Å². The number of benzene rings is 2. The van der Waals surface area contributed by atoms with E-state index in [2.05, 4.69) is 73.5 Å². The summed E-state index contributed by atoms with van der Waals surface area (Å²) in [7, 11) is 0. The van der Waals surface area contributed by atoms with Crippen molar-refractivity contribution in [3.8, 4) is 0 Å². The molecule has 1 aromatic heterocycles. The third kappa shape index (κ3) is 3.24. The van der Waals surface area contributed by atoms with Gasteiger partial charge in [-0.2, -0.15) is 0 Å². The monoisotopic (exact) mass is 296 g/mol. The number of hydrogen-bond acceptors (Lipinski definition) is 3. The highest BCUT2D eigenvalue weighted by atomic mass is 32.1. The first-order chi connectivity index (χ1) is 10.0. The summed E-state index contributed by atoms with van der Waals surface area (Å²) in [6, 6.07) is 15.2. The van der Waals surface area contributed by atoms with Crippen molar-refractivity contribution in [2.24, 2.45) is 0 Å². The molecule has 3 rings (SSSR count). The minimum atomic E-state index is 0.211. The molecule has 2 nitrogen and oxygen atoms in total. The largest absolute Gasteiger partial charge is 0.381 e. The van der Waals surface area contributed by atoms with E-state index in [-0.39, 0.29) is 5.41 Å². The Labute approximate surface area is 129 Å². The number of rotatable bonds is 3. The fourth-order valence-corrected chi connectivity index (χ4v) is 3.01. The average Bonchev–Trinajstić information content (AvgIpc) is 2.92. The molecule has 0 atom stereocenters. The maximum absolute atomic E-state index is 4.30. The summed E-state index contributed by atoms with van der Waals surface area (Å²) in [5.41, 5.74) is 6.99. The molecule has 0 bridgehead atoms. The van der Waals surface area contributed by atoms with Crippen LogP contribution in [0.3, 0.4) is 0 Å². The molecular weight excluding hydrogens is 276 g/mol. The van der Waals surface area contributed by atoms with Crippen LogP contribution >= 0.6 is 11.3 Å². The zero-order chi connectivity index (χ0) is 14.9. The topological polar surface area (TPSA) is 24.9 Å². The third-order valence-electron chi connectivity index (χ3n) is 3.65. The Balaban J connectivity index is 1.69. The molecule has 3 heteroatoms. The van der Waals surface area contributed by atoms with Gasteiger partial charge in [0.2, 0.25) is 0 Å². The fraction of sp³-hybridized carbons (Fsp3) is 0.278. The molecule has 0 amide bonds. The molecule has 2 aromatic carbocycles. The van der Waals surface area contributed by atoms with Crippen LogP contribution in [0.15, 0.2) is 48.0 Å². The Morgan fingerprint density at radius 1 is 1.05 bits per heavy atom. The number of thiazole rings is 1. The molecule has 0 spiro atoms. The lowest BCUT2D eigenvalue weighted by atomic mass is 9.87. The van der Waals surface area contributed by atoms with Crippen molar-refractivity contribution in [3.05, 3.63) is 59.1 Å². The molecule has 0 unspecified atom stereocenters. The van der Waals surface area contributed by atoms with E-state index in [4.69, 9.17) is 0 Å². The molecule has 0 saturated carbocycles. The van der Waals surface area contributed by atoms with Crippen LogP contribution in [0.25, 0.3) is 10.2 Å². The van der Waals surface area contributed by atoms with Crippen molar-refractivity contribution in [2.45, 2.75) is 32.7 Å². The number of nitrogens with one attached hydrogen (secondary N) is 1. The predicted octanol–water partition coefficient (Wildman–Crippen LogP) is 5.21. The van der Waals surface area contributed by atoms with Crippen molar-refractivity contribution in [3.63, 3.8) is 0 Å². The third-order valence-corrected chi connectivity index (χ3v) is 4.44. The van der Waals surface area contributed by atoms with Gasteiger partial charge >= 0.3 is 0 Å². The lowest BCUT2D eigenvalue weighted by Gasteiger charge is -2.19. The standard InChI is InChI=1S/C18H20N2S/c1-18(2,3)14-6-4-13(5-7-14)11-19-15-8-9-16-17(10-15)21-12-20-16/h4-10,12,19H,11H2,1-3H3. The molecule has 0 aliphatic rings. The van der Waals surface area contributed by atoms with Gasteiger partial charge in [-0.15, -0.1) is 11.3 Å². The molecule has 0 aliphatic carbocycles. The lowest BCUT2D eigenvalue weighted by Crippen LogP contribution is -2.11. The van der Waals surface area contributed by atoms with Crippen LogP contribution < -0.4 is 5.32 Å². The number of hydrogen-bond donors (Lipinski definition) is 1. The summed E-state index contributed by atoms with van der Waals surface area (Å²) in [6.45, 7) is 7.56. The van der Waals surface area contributed by atoms with Crippen LogP contribution in [-0.2, 0) is 12.0 Å². The maximum Gasteiger partial charge on any atom is 0.0813 e. The Hall–Kier alpha value is -1.87. The quantitative estimate of drug-likeness (QED) is 0.718. The van der Waals surface area contributed by atoms with E-state index in [1.807, 2.05) is 5.51 Å². The van der Waals surface area contributed by atoms with Crippen LogP contribution in [0.2, 0.25) is 0 Å². The van der Waals surface area contributed by atoms with E-state index in [1.165, 1.54) is 15.8 Å². The molecular formula is C18H20N2S. The molecule has 0 radical (unpaired) electrons. The van der Waals surface area contributed by atoms with Crippen molar-refractivity contribution in [1.29, 1.82) is 0 Å². The average molecular weight is 296 g/mol. The van der Waals surface area contributed by atoms with Crippen molar-refractivity contribution in [1.82, 2.24) is 4.98 Å². The molecule has 0 fully saturated rings. The predicted molar refractivity (Wildman–Crippen MR) is 92.1 cm³/mol. The van der Waals surface area contributed by atoms with Gasteiger partial charge in [0.1, 0.15) is 0 Å². The zero-order valence-electron chi connectivity index (χ0n) is 12.7. The molecule has 1 N–H and O–H groups in total. The van der Waals surface area contributed by atoms with E-state index in [1.54, 1.807) is 11.3 Å². The second kappa shape index (κ2) is 5.49. The normalized spacial score (nSPS) is 11.8. The van der Waals surface area contributed by atoms with Crippen molar-refractivity contribution >= 4 is 27.2 Å². The fourth-order valence-electron chi connectivity index (χ4n) is 2.29. The lowest BCUT2D eigenvalue weighted by molar-refractivity contribution is 0.590. The van der Waals surface area contributed by atoms with Crippen LogP contribution in [0.4, 0.5) is 5.69 Å². The minimum absolute atomic E-state index is 0.211. The first-order valence-electron chi connectivity index (χ1n) is 7.19. The second-order valence-corrected chi connectivity index (χ2v) is 7.22. The summed E-state index contributed by atoms with van der Waals surface area (Å²) in [4.78, 5) is 4.30. The van der Waals surface area contributed by atoms with Gasteiger partial charge in [0.25, 0.3) is 0 Å². The van der Waals surface area contributed by atoms with E-state index >= 15 is 0 Å². The van der Waals surface area contributed by atoms with E-state index in [0.717, 1.165) is 17.7 Å². The van der Waals surface area contributed by atoms with Crippen LogP contribution in [0.5, 0.6) is 0 Å². The Bertz CT molecular complexity index is 736. The Morgan fingerprint density at radius 2 is 1.81 bits per heavy atom. The highest BCUT2D eigenvalue weighted by molar-refractivity contribution is 7.16. The number of aromatic nitrogens is 1. The first-order valence-corrected chi connectivity index (χ1v) is 8.07. The molecule has 108 valence electrons. The van der Waals surface area contributed by atoms with Gasteiger partial charge in [0.15, 0.2) is 0 Å². The van der Waals surface area contributed by atoms with Gasteiger partial charge < -0.3 is 5.32 Å². The van der Waals surface area contributed by atoms with Crippen LogP contribution in [-0.4, -0.2) is 4.98 Å². The minimum Gasteiger partial charge on any atom is -0.381 e. The summed E-state index contributed by atoms with van der Waals surface area (Å²) in [5, 5.41) is 3.48. The second-order valence-electron chi connectivity index (χ2n) is 6.34. The summed E-state index contributed by atoms with van der Waals surface area (Å²) < 4.78 is 1.23. The molecule has 21 heavy (non-hydrogen) atoms. The summed E-state index contributed by atoms with van der Waals surface area (Å²) >= 11 is 1.68. The highest BCUT2D eigenvalue weighted by Gasteiger charge is 2.12. The van der Waals surface area contributed by atoms with Crippen molar-refractivity contribution < 1.29 is 0 Å². The Morgan fingerprint density at radius 3 is 2.52 bits per heavy atom. The number of anilines is 1. The summed E-state index contributed by atoms with van der Waals surface area (Å²) in [5.74, 6) is 0. The molecule has 0 saturated heterocycles. The number of fused-ring (bicyclic) bond motifs is 1. The smallest absolute Gasteiger partial charge is 0.0813 e. The van der Waals surface area contributed by atoms with Gasteiger partial charge in [-0.05, 0) is 34.7 Å². The highest BCUT2D eigenvalue weighted by Crippen LogP contribution is 2.24. The van der Waals surface area contributed by atoms with Gasteiger partial charge in [-0.1, -0.05) is 45.0 Å². The van der Waals surface area contributed by atoms with E-state index in [9.17, 15) is 0 Å². The van der Waals surface area contributed by atoms with Gasteiger partial charge in [0, 0.05) is 12.2 Å². The van der Waals surface area contributed by atoms with E-state index in [0.29, 0.717) is 0 Å².